The first-order chi connectivity index (χ1) is 13.9. The van der Waals surface area contributed by atoms with Crippen LogP contribution in [0.4, 0.5) is 11.4 Å². The number of hydrogen-bond acceptors (Lipinski definition) is 5. The van der Waals surface area contributed by atoms with Gasteiger partial charge in [-0.05, 0) is 50.3 Å². The van der Waals surface area contributed by atoms with Crippen molar-refractivity contribution in [2.45, 2.75) is 19.9 Å². The summed E-state index contributed by atoms with van der Waals surface area (Å²) in [5.41, 5.74) is 4.62. The van der Waals surface area contributed by atoms with Gasteiger partial charge in [0.25, 0.3) is 0 Å². The van der Waals surface area contributed by atoms with Crippen LogP contribution in [0.5, 0.6) is 5.88 Å². The van der Waals surface area contributed by atoms with Gasteiger partial charge in [-0.2, -0.15) is 0 Å². The molecule has 2 N–H and O–H groups in total. The van der Waals surface area contributed by atoms with Gasteiger partial charge < -0.3 is 10.4 Å². The number of anilines is 1. The highest BCUT2D eigenvalue weighted by atomic mass is 32.1. The maximum Gasteiger partial charge on any atom is 0.247 e. The highest BCUT2D eigenvalue weighted by molar-refractivity contribution is 7.73. The van der Waals surface area contributed by atoms with Crippen LogP contribution in [0.15, 0.2) is 53.5 Å². The molecule has 1 aromatic heterocycles. The molecule has 1 aliphatic rings. The van der Waals surface area contributed by atoms with Crippen LogP contribution in [0, 0.1) is 10.9 Å². The Hall–Kier alpha value is -3.03. The average Bonchev–Trinajstić information content (AvgIpc) is 3.24. The number of fused-ring (bicyclic) bond motifs is 1. The first-order valence-corrected chi connectivity index (χ1v) is 10.3. The van der Waals surface area contributed by atoms with Gasteiger partial charge in [0.15, 0.2) is 3.95 Å². The molecule has 0 saturated heterocycles. The molecule has 3 aromatic rings. The molecule has 0 saturated carbocycles. The van der Waals surface area contributed by atoms with Crippen LogP contribution >= 0.6 is 23.6 Å². The van der Waals surface area contributed by atoms with Crippen molar-refractivity contribution in [2.75, 3.05) is 5.32 Å². The fraction of sp³-hybridized carbons (Fsp3) is 0.136. The third kappa shape index (κ3) is 3.79. The number of benzene rings is 2. The van der Waals surface area contributed by atoms with E-state index in [0.717, 1.165) is 22.4 Å². The number of hydrogen-bond donors (Lipinski definition) is 2. The third-order valence-electron chi connectivity index (χ3n) is 4.77. The molecule has 2 aromatic carbocycles. The quantitative estimate of drug-likeness (QED) is 0.527. The van der Waals surface area contributed by atoms with E-state index < -0.39 is 6.04 Å². The van der Waals surface area contributed by atoms with E-state index in [0.29, 0.717) is 14.5 Å². The Bertz CT molecular complexity index is 1200. The first kappa shape index (κ1) is 19.3. The molecule has 0 aliphatic carbocycles. The molecule has 2 heterocycles. The van der Waals surface area contributed by atoms with Gasteiger partial charge in [0.05, 0.1) is 10.6 Å². The summed E-state index contributed by atoms with van der Waals surface area (Å²) in [5, 5.41) is 13.6. The Balaban J connectivity index is 1.61. The average molecular weight is 422 g/mol. The van der Waals surface area contributed by atoms with Crippen molar-refractivity contribution >= 4 is 58.7 Å². The van der Waals surface area contributed by atoms with Gasteiger partial charge in [0.1, 0.15) is 6.04 Å². The number of aliphatic imine (C=N–C) groups is 1. The van der Waals surface area contributed by atoms with Gasteiger partial charge in [0, 0.05) is 23.0 Å². The minimum absolute atomic E-state index is 0.0168. The van der Waals surface area contributed by atoms with Gasteiger partial charge in [-0.25, -0.2) is 0 Å². The monoisotopic (exact) mass is 421 g/mol. The van der Waals surface area contributed by atoms with Gasteiger partial charge in [-0.1, -0.05) is 35.9 Å². The van der Waals surface area contributed by atoms with E-state index >= 15 is 0 Å². The molecule has 1 unspecified atom stereocenters. The Labute approximate surface area is 177 Å². The maximum absolute atomic E-state index is 12.7. The minimum atomic E-state index is -0.656. The van der Waals surface area contributed by atoms with Crippen molar-refractivity contribution < 1.29 is 9.90 Å². The number of allylic oxidation sites excluding steroid dienone is 1. The predicted molar refractivity (Wildman–Crippen MR) is 122 cm³/mol. The third-order valence-corrected chi connectivity index (χ3v) is 6.11. The largest absolute Gasteiger partial charge is 0.493 e. The Morgan fingerprint density at radius 1 is 1.24 bits per heavy atom. The summed E-state index contributed by atoms with van der Waals surface area (Å²) in [6.07, 6.45) is 3.62. The van der Waals surface area contributed by atoms with E-state index in [1.807, 2.05) is 61.5 Å². The second-order valence-electron chi connectivity index (χ2n) is 6.83. The summed E-state index contributed by atoms with van der Waals surface area (Å²) in [4.78, 5) is 17.7. The van der Waals surface area contributed by atoms with Gasteiger partial charge >= 0.3 is 0 Å². The van der Waals surface area contributed by atoms with Crippen LogP contribution in [0.3, 0.4) is 0 Å². The normalized spacial score (nSPS) is 14.8. The minimum Gasteiger partial charge on any atom is -0.493 e. The number of aryl methyl sites for hydroxylation is 1. The van der Waals surface area contributed by atoms with Crippen molar-refractivity contribution in [1.29, 1.82) is 0 Å². The van der Waals surface area contributed by atoms with Crippen LogP contribution in [-0.4, -0.2) is 21.8 Å². The Morgan fingerprint density at radius 3 is 2.72 bits per heavy atom. The summed E-state index contributed by atoms with van der Waals surface area (Å²) in [7, 11) is 0. The molecule has 7 heteroatoms. The van der Waals surface area contributed by atoms with Crippen molar-refractivity contribution in [3.05, 3.63) is 68.5 Å². The van der Waals surface area contributed by atoms with Crippen LogP contribution in [0.2, 0.25) is 0 Å². The van der Waals surface area contributed by atoms with E-state index in [1.54, 1.807) is 13.1 Å². The molecule has 4 rings (SSSR count). The Morgan fingerprint density at radius 2 is 1.97 bits per heavy atom. The summed E-state index contributed by atoms with van der Waals surface area (Å²) in [5.74, 6) is -0.262. The van der Waals surface area contributed by atoms with Gasteiger partial charge in [0.2, 0.25) is 11.8 Å². The summed E-state index contributed by atoms with van der Waals surface area (Å²) >= 11 is 6.70. The Kier molecular flexibility index (Phi) is 5.17. The first-order valence-electron chi connectivity index (χ1n) is 9.11. The van der Waals surface area contributed by atoms with Crippen molar-refractivity contribution in [3.8, 4) is 5.88 Å². The highest BCUT2D eigenvalue weighted by Crippen LogP contribution is 2.37. The number of amides is 1. The second-order valence-corrected chi connectivity index (χ2v) is 8.51. The van der Waals surface area contributed by atoms with Crippen LogP contribution < -0.4 is 5.32 Å². The number of nitrogens with one attached hydrogen (secondary N) is 1. The van der Waals surface area contributed by atoms with E-state index in [4.69, 9.17) is 12.2 Å². The van der Waals surface area contributed by atoms with E-state index in [9.17, 15) is 9.90 Å². The summed E-state index contributed by atoms with van der Waals surface area (Å²) in [6.45, 7) is 3.70. The van der Waals surface area contributed by atoms with Crippen LogP contribution in [0.1, 0.15) is 29.0 Å². The second kappa shape index (κ2) is 7.77. The molecule has 1 atom stereocenters. The smallest absolute Gasteiger partial charge is 0.247 e. The number of para-hydroxylation sites is 1. The summed E-state index contributed by atoms with van der Waals surface area (Å²) < 4.78 is 1.91. The van der Waals surface area contributed by atoms with Gasteiger partial charge in [-0.15, -0.1) is 11.3 Å². The molecule has 1 aliphatic heterocycles. The number of aromatic nitrogens is 1. The lowest BCUT2D eigenvalue weighted by Gasteiger charge is -2.15. The zero-order chi connectivity index (χ0) is 20.5. The predicted octanol–water partition coefficient (Wildman–Crippen LogP) is 5.75. The number of nitrogens with zero attached hydrogens (tertiary/aromatic N) is 2. The summed E-state index contributed by atoms with van der Waals surface area (Å²) in [6, 6.07) is 14.7. The van der Waals surface area contributed by atoms with Crippen LogP contribution in [0.25, 0.3) is 11.6 Å². The van der Waals surface area contributed by atoms with Crippen molar-refractivity contribution in [2.24, 2.45) is 4.99 Å². The molecular weight excluding hydrogens is 402 g/mol. The molecule has 5 nitrogen and oxygen atoms in total. The van der Waals surface area contributed by atoms with E-state index in [1.165, 1.54) is 15.9 Å². The van der Waals surface area contributed by atoms with Crippen LogP contribution in [-0.2, 0) is 4.79 Å². The fourth-order valence-electron chi connectivity index (χ4n) is 3.13. The number of rotatable bonds is 4. The van der Waals surface area contributed by atoms with Gasteiger partial charge in [-0.3, -0.25) is 14.4 Å². The number of aromatic hydroxyl groups is 1. The molecular formula is C22H19N3O2S2. The van der Waals surface area contributed by atoms with E-state index in [2.05, 4.69) is 10.3 Å². The standard InChI is InChI=1S/C22H19N3O2S2/c1-13-7-9-16(10-8-13)24-20(26)14(2)25-21(27)19(29-22(25)28)11-15-12-23-18-6-4-3-5-17(15)18/h3-12,14,27H,1-2H3,(H,24,26)/b15-11+. The fourth-order valence-corrected chi connectivity index (χ4v) is 4.55. The van der Waals surface area contributed by atoms with Crippen molar-refractivity contribution in [3.63, 3.8) is 0 Å². The lowest BCUT2D eigenvalue weighted by Crippen LogP contribution is -2.23. The zero-order valence-corrected chi connectivity index (χ0v) is 17.6. The highest BCUT2D eigenvalue weighted by Gasteiger charge is 2.22. The topological polar surface area (TPSA) is 66.6 Å². The molecule has 29 heavy (non-hydrogen) atoms. The molecule has 146 valence electrons. The molecule has 1 amide bonds. The maximum atomic E-state index is 12.7. The molecule has 0 fully saturated rings. The number of carbonyl (C=O) groups excluding carboxylic acids is 1. The lowest BCUT2D eigenvalue weighted by atomic mass is 10.1. The molecule has 0 radical (unpaired) electrons. The molecule has 0 bridgehead atoms. The van der Waals surface area contributed by atoms with E-state index in [-0.39, 0.29) is 11.8 Å². The lowest BCUT2D eigenvalue weighted by molar-refractivity contribution is -0.118. The SMILES string of the molecule is Cc1ccc(NC(=O)C(C)n2c(O)c(/C=C3\C=Nc4ccccc43)sc2=S)cc1. The number of thiazole rings is 1. The van der Waals surface area contributed by atoms with Crippen molar-refractivity contribution in [1.82, 2.24) is 4.57 Å². The number of carbonyl (C=O) groups is 1. The molecule has 0 spiro atoms. The zero-order valence-electron chi connectivity index (χ0n) is 15.9.